The van der Waals surface area contributed by atoms with Crippen LogP contribution in [0.15, 0.2) is 60.8 Å². The highest BCUT2D eigenvalue weighted by atomic mass is 16.5. The maximum atomic E-state index is 5.15. The quantitative estimate of drug-likeness (QED) is 0.779. The first kappa shape index (κ1) is 14.8. The average molecular weight is 307 g/mol. The minimum Gasteiger partial charge on any atom is -0.497 e. The van der Waals surface area contributed by atoms with Crippen molar-refractivity contribution in [3.8, 4) is 5.75 Å². The van der Waals surface area contributed by atoms with E-state index in [0.29, 0.717) is 11.8 Å². The Morgan fingerprint density at radius 2 is 1.74 bits per heavy atom. The van der Waals surface area contributed by atoms with Crippen molar-refractivity contribution in [2.24, 2.45) is 0 Å². The molecule has 0 amide bonds. The number of methoxy groups -OCH3 is 1. The zero-order valence-corrected chi connectivity index (χ0v) is 13.0. The van der Waals surface area contributed by atoms with Crippen LogP contribution < -0.4 is 15.0 Å². The molecule has 0 fully saturated rings. The molecule has 0 saturated heterocycles. The Hall–Kier alpha value is -3.15. The fourth-order valence-electron chi connectivity index (χ4n) is 2.09. The summed E-state index contributed by atoms with van der Waals surface area (Å²) in [6, 6.07) is 17.5. The van der Waals surface area contributed by atoms with Gasteiger partial charge < -0.3 is 15.0 Å². The molecule has 23 heavy (non-hydrogen) atoms. The number of hydrogen-bond donors (Lipinski definition) is 1. The van der Waals surface area contributed by atoms with Crippen molar-refractivity contribution in [1.29, 1.82) is 0 Å². The van der Waals surface area contributed by atoms with Crippen molar-refractivity contribution < 1.29 is 4.74 Å². The van der Waals surface area contributed by atoms with Crippen LogP contribution in [0.1, 0.15) is 0 Å². The van der Waals surface area contributed by atoms with Gasteiger partial charge in [-0.3, -0.25) is 0 Å². The third kappa shape index (κ3) is 3.55. The minimum atomic E-state index is 0.523. The Morgan fingerprint density at radius 1 is 1.00 bits per heavy atom. The van der Waals surface area contributed by atoms with E-state index >= 15 is 0 Å². The third-order valence-corrected chi connectivity index (χ3v) is 3.35. The minimum absolute atomic E-state index is 0.523. The summed E-state index contributed by atoms with van der Waals surface area (Å²) in [5.41, 5.74) is 1.90. The second-order valence-corrected chi connectivity index (χ2v) is 4.89. The molecular weight excluding hydrogens is 290 g/mol. The van der Waals surface area contributed by atoms with Crippen molar-refractivity contribution in [3.05, 3.63) is 60.8 Å². The average Bonchev–Trinajstić information content (AvgIpc) is 2.63. The van der Waals surface area contributed by atoms with Gasteiger partial charge in [0.1, 0.15) is 5.75 Å². The van der Waals surface area contributed by atoms with E-state index in [0.717, 1.165) is 17.1 Å². The first-order valence-corrected chi connectivity index (χ1v) is 7.16. The van der Waals surface area contributed by atoms with E-state index in [-0.39, 0.29) is 0 Å². The number of nitrogens with zero attached hydrogens (tertiary/aromatic N) is 4. The van der Waals surface area contributed by atoms with Gasteiger partial charge in [-0.1, -0.05) is 18.2 Å². The first-order chi connectivity index (χ1) is 11.3. The summed E-state index contributed by atoms with van der Waals surface area (Å²) < 4.78 is 5.15. The molecule has 1 aromatic heterocycles. The van der Waals surface area contributed by atoms with E-state index in [4.69, 9.17) is 4.74 Å². The van der Waals surface area contributed by atoms with E-state index in [1.165, 1.54) is 0 Å². The summed E-state index contributed by atoms with van der Waals surface area (Å²) >= 11 is 0. The second-order valence-electron chi connectivity index (χ2n) is 4.89. The van der Waals surface area contributed by atoms with Crippen molar-refractivity contribution in [3.63, 3.8) is 0 Å². The summed E-state index contributed by atoms with van der Waals surface area (Å²) in [6.07, 6.45) is 1.59. The van der Waals surface area contributed by atoms with Gasteiger partial charge >= 0.3 is 0 Å². The van der Waals surface area contributed by atoms with E-state index in [1.54, 1.807) is 13.3 Å². The van der Waals surface area contributed by atoms with E-state index in [1.807, 2.05) is 66.5 Å². The molecule has 1 heterocycles. The van der Waals surface area contributed by atoms with Crippen LogP contribution in [0, 0.1) is 0 Å². The van der Waals surface area contributed by atoms with Crippen LogP contribution in [0.25, 0.3) is 0 Å². The van der Waals surface area contributed by atoms with Gasteiger partial charge in [0, 0.05) is 18.4 Å². The summed E-state index contributed by atoms with van der Waals surface area (Å²) in [7, 11) is 3.55. The van der Waals surface area contributed by atoms with Gasteiger partial charge in [-0.15, -0.1) is 5.10 Å². The summed E-state index contributed by atoms with van der Waals surface area (Å²) in [4.78, 5) is 6.38. The van der Waals surface area contributed by atoms with E-state index in [2.05, 4.69) is 20.5 Å². The van der Waals surface area contributed by atoms with Crippen molar-refractivity contribution in [1.82, 2.24) is 15.2 Å². The Kier molecular flexibility index (Phi) is 4.33. The van der Waals surface area contributed by atoms with E-state index < -0.39 is 0 Å². The van der Waals surface area contributed by atoms with Crippen molar-refractivity contribution in [2.75, 3.05) is 24.4 Å². The highest BCUT2D eigenvalue weighted by molar-refractivity contribution is 5.60. The molecule has 0 aliphatic carbocycles. The number of aromatic nitrogens is 3. The number of hydrogen-bond acceptors (Lipinski definition) is 6. The highest BCUT2D eigenvalue weighted by Crippen LogP contribution is 2.22. The molecule has 1 N–H and O–H groups in total. The summed E-state index contributed by atoms with van der Waals surface area (Å²) in [5.74, 6) is 1.96. The molecule has 0 aliphatic heterocycles. The number of benzene rings is 2. The number of rotatable bonds is 5. The zero-order valence-electron chi connectivity index (χ0n) is 13.0. The van der Waals surface area contributed by atoms with Crippen LogP contribution in [0.3, 0.4) is 0 Å². The van der Waals surface area contributed by atoms with Crippen molar-refractivity contribution >= 4 is 23.1 Å². The lowest BCUT2D eigenvalue weighted by Crippen LogP contribution is -2.14. The maximum absolute atomic E-state index is 5.15. The Balaban J connectivity index is 1.79. The van der Waals surface area contributed by atoms with Gasteiger partial charge in [-0.25, -0.2) is 0 Å². The van der Waals surface area contributed by atoms with Crippen LogP contribution in [0.4, 0.5) is 23.1 Å². The summed E-state index contributed by atoms with van der Waals surface area (Å²) in [5, 5.41) is 11.3. The van der Waals surface area contributed by atoms with Gasteiger partial charge in [0.25, 0.3) is 5.95 Å². The molecule has 0 aliphatic rings. The molecular formula is C17H17N5O. The zero-order chi connectivity index (χ0) is 16.1. The van der Waals surface area contributed by atoms with Crippen LogP contribution >= 0.6 is 0 Å². The normalized spacial score (nSPS) is 10.2. The predicted molar refractivity (Wildman–Crippen MR) is 90.6 cm³/mol. The van der Waals surface area contributed by atoms with Gasteiger partial charge in [0.05, 0.1) is 13.3 Å². The molecule has 2 aromatic carbocycles. The topological polar surface area (TPSA) is 63.2 Å². The first-order valence-electron chi connectivity index (χ1n) is 7.16. The molecule has 0 radical (unpaired) electrons. The molecule has 6 heteroatoms. The Morgan fingerprint density at radius 3 is 2.43 bits per heavy atom. The van der Waals surface area contributed by atoms with Gasteiger partial charge in [0.2, 0.25) is 0 Å². The molecule has 0 spiro atoms. The third-order valence-electron chi connectivity index (χ3n) is 3.35. The second kappa shape index (κ2) is 6.74. The fraction of sp³-hybridized carbons (Fsp3) is 0.118. The monoisotopic (exact) mass is 307 g/mol. The predicted octanol–water partition coefficient (Wildman–Crippen LogP) is 3.39. The molecule has 3 rings (SSSR count). The number of ether oxygens (including phenoxy) is 1. The van der Waals surface area contributed by atoms with Crippen LogP contribution in [-0.2, 0) is 0 Å². The highest BCUT2D eigenvalue weighted by Gasteiger charge is 2.08. The molecule has 3 aromatic rings. The van der Waals surface area contributed by atoms with Crippen LogP contribution in [-0.4, -0.2) is 29.3 Å². The molecule has 116 valence electrons. The standard InChI is InChI=1S/C17H17N5O/c1-22(14-6-4-3-5-7-14)17-20-16(12-18-21-17)19-13-8-10-15(23-2)11-9-13/h3-12H,1-2H3,(H,19,20,21). The Labute approximate surface area is 134 Å². The lowest BCUT2D eigenvalue weighted by molar-refractivity contribution is 0.415. The lowest BCUT2D eigenvalue weighted by Gasteiger charge is -2.17. The van der Waals surface area contributed by atoms with Crippen LogP contribution in [0.5, 0.6) is 5.75 Å². The van der Waals surface area contributed by atoms with Gasteiger partial charge in [0.15, 0.2) is 5.82 Å². The molecule has 0 atom stereocenters. The molecule has 6 nitrogen and oxygen atoms in total. The smallest absolute Gasteiger partial charge is 0.251 e. The van der Waals surface area contributed by atoms with E-state index in [9.17, 15) is 0 Å². The largest absolute Gasteiger partial charge is 0.497 e. The van der Waals surface area contributed by atoms with Crippen LogP contribution in [0.2, 0.25) is 0 Å². The maximum Gasteiger partial charge on any atom is 0.251 e. The SMILES string of the molecule is COc1ccc(Nc2cnnc(N(C)c3ccccc3)n2)cc1. The molecule has 0 unspecified atom stereocenters. The number of nitrogens with one attached hydrogen (secondary N) is 1. The van der Waals surface area contributed by atoms with Crippen molar-refractivity contribution in [2.45, 2.75) is 0 Å². The van der Waals surface area contributed by atoms with Gasteiger partial charge in [-0.05, 0) is 36.4 Å². The Bertz CT molecular complexity index is 761. The molecule has 0 saturated carbocycles. The van der Waals surface area contributed by atoms with Gasteiger partial charge in [-0.2, -0.15) is 10.1 Å². The number of para-hydroxylation sites is 1. The molecule has 0 bridgehead atoms. The number of anilines is 4. The fourth-order valence-corrected chi connectivity index (χ4v) is 2.09. The lowest BCUT2D eigenvalue weighted by atomic mass is 10.3. The summed E-state index contributed by atoms with van der Waals surface area (Å²) in [6.45, 7) is 0.